The molecule has 0 radical (unpaired) electrons. The van der Waals surface area contributed by atoms with Crippen LogP contribution in [0.5, 0.6) is 0 Å². The average molecular weight is 419 g/mol. The Bertz CT molecular complexity index is 479. The van der Waals surface area contributed by atoms with Gasteiger partial charge in [-0.15, -0.1) is 24.0 Å². The third kappa shape index (κ3) is 5.11. The van der Waals surface area contributed by atoms with Gasteiger partial charge in [-0.05, 0) is 37.5 Å². The molecule has 0 unspecified atom stereocenters. The van der Waals surface area contributed by atoms with Crippen LogP contribution in [0.2, 0.25) is 0 Å². The van der Waals surface area contributed by atoms with Crippen LogP contribution in [-0.2, 0) is 5.41 Å². The van der Waals surface area contributed by atoms with Crippen molar-refractivity contribution in [2.45, 2.75) is 39.0 Å². The van der Waals surface area contributed by atoms with Crippen LogP contribution in [0, 0.1) is 5.82 Å². The maximum Gasteiger partial charge on any atom is 0.193 e. The van der Waals surface area contributed by atoms with E-state index in [0.29, 0.717) is 6.54 Å². The quantitative estimate of drug-likeness (QED) is 0.457. The summed E-state index contributed by atoms with van der Waals surface area (Å²) in [5.74, 6) is 0.814. The Kier molecular flexibility index (Phi) is 7.59. The first-order valence-electron chi connectivity index (χ1n) is 7.82. The van der Waals surface area contributed by atoms with Gasteiger partial charge in [0, 0.05) is 25.0 Å². The van der Waals surface area contributed by atoms with Gasteiger partial charge in [0.15, 0.2) is 5.96 Å². The number of likely N-dealkylation sites (tertiary alicyclic amines) is 1. The van der Waals surface area contributed by atoms with Crippen molar-refractivity contribution in [1.82, 2.24) is 10.2 Å². The number of nitrogens with one attached hydrogen (secondary N) is 1. The van der Waals surface area contributed by atoms with E-state index in [1.54, 1.807) is 0 Å². The van der Waals surface area contributed by atoms with Gasteiger partial charge in [0.25, 0.3) is 0 Å². The van der Waals surface area contributed by atoms with Crippen LogP contribution < -0.4 is 5.32 Å². The summed E-state index contributed by atoms with van der Waals surface area (Å²) in [5, 5.41) is 3.37. The lowest BCUT2D eigenvalue weighted by atomic mass is 9.85. The Balaban J connectivity index is 0.00000242. The molecular formula is C17H27FIN3. The summed E-state index contributed by atoms with van der Waals surface area (Å²) in [7, 11) is 0. The van der Waals surface area contributed by atoms with Crippen molar-refractivity contribution in [1.29, 1.82) is 0 Å². The number of halogens is 2. The van der Waals surface area contributed by atoms with Crippen molar-refractivity contribution in [3.63, 3.8) is 0 Å². The zero-order valence-electron chi connectivity index (χ0n) is 13.7. The Morgan fingerprint density at radius 1 is 1.23 bits per heavy atom. The fourth-order valence-electron chi connectivity index (χ4n) is 2.62. The zero-order chi connectivity index (χ0) is 15.3. The SMILES string of the molecule is CCNC(=NCC(C)(C)c1ccc(F)cc1)N1CCCC1.I. The summed E-state index contributed by atoms with van der Waals surface area (Å²) in [6.45, 7) is 10.1. The van der Waals surface area contributed by atoms with Gasteiger partial charge in [-0.2, -0.15) is 0 Å². The van der Waals surface area contributed by atoms with Gasteiger partial charge in [-0.3, -0.25) is 4.99 Å². The van der Waals surface area contributed by atoms with E-state index in [0.717, 1.165) is 31.2 Å². The molecule has 0 spiro atoms. The van der Waals surface area contributed by atoms with E-state index in [2.05, 4.69) is 31.0 Å². The van der Waals surface area contributed by atoms with Crippen LogP contribution >= 0.6 is 24.0 Å². The number of guanidine groups is 1. The van der Waals surface area contributed by atoms with Crippen LogP contribution in [-0.4, -0.2) is 37.0 Å². The topological polar surface area (TPSA) is 27.6 Å². The fourth-order valence-corrected chi connectivity index (χ4v) is 2.62. The summed E-state index contributed by atoms with van der Waals surface area (Å²) >= 11 is 0. The number of hydrogen-bond acceptors (Lipinski definition) is 1. The molecule has 5 heteroatoms. The van der Waals surface area contributed by atoms with Crippen molar-refractivity contribution in [3.05, 3.63) is 35.6 Å². The van der Waals surface area contributed by atoms with E-state index >= 15 is 0 Å². The van der Waals surface area contributed by atoms with Crippen LogP contribution in [0.1, 0.15) is 39.2 Å². The van der Waals surface area contributed by atoms with Crippen molar-refractivity contribution in [3.8, 4) is 0 Å². The molecule has 1 N–H and O–H groups in total. The van der Waals surface area contributed by atoms with Crippen LogP contribution in [0.15, 0.2) is 29.3 Å². The summed E-state index contributed by atoms with van der Waals surface area (Å²) in [6.07, 6.45) is 2.48. The highest BCUT2D eigenvalue weighted by Crippen LogP contribution is 2.24. The zero-order valence-corrected chi connectivity index (χ0v) is 16.1. The van der Waals surface area contributed by atoms with Crippen LogP contribution in [0.4, 0.5) is 4.39 Å². The van der Waals surface area contributed by atoms with Crippen molar-refractivity contribution < 1.29 is 4.39 Å². The molecule has 1 aliphatic heterocycles. The maximum atomic E-state index is 13.0. The molecule has 1 fully saturated rings. The highest BCUT2D eigenvalue weighted by Gasteiger charge is 2.22. The second kappa shape index (κ2) is 8.70. The third-order valence-corrected chi connectivity index (χ3v) is 3.99. The number of aliphatic imine (C=N–C) groups is 1. The number of nitrogens with zero attached hydrogens (tertiary/aromatic N) is 2. The van der Waals surface area contributed by atoms with Crippen molar-refractivity contribution >= 4 is 29.9 Å². The van der Waals surface area contributed by atoms with E-state index in [4.69, 9.17) is 4.99 Å². The first kappa shape index (κ1) is 19.2. The molecule has 0 aromatic heterocycles. The normalized spacial score (nSPS) is 15.6. The van der Waals surface area contributed by atoms with Gasteiger partial charge in [-0.25, -0.2) is 4.39 Å². The monoisotopic (exact) mass is 419 g/mol. The maximum absolute atomic E-state index is 13.0. The number of benzene rings is 1. The van der Waals surface area contributed by atoms with Gasteiger partial charge < -0.3 is 10.2 Å². The first-order chi connectivity index (χ1) is 10.0. The van der Waals surface area contributed by atoms with Crippen molar-refractivity contribution in [2.24, 2.45) is 4.99 Å². The van der Waals surface area contributed by atoms with E-state index < -0.39 is 0 Å². The van der Waals surface area contributed by atoms with Gasteiger partial charge in [0.2, 0.25) is 0 Å². The molecule has 0 bridgehead atoms. The highest BCUT2D eigenvalue weighted by atomic mass is 127. The molecule has 0 amide bonds. The molecule has 0 aliphatic carbocycles. The molecule has 1 saturated heterocycles. The van der Waals surface area contributed by atoms with Crippen molar-refractivity contribution in [2.75, 3.05) is 26.2 Å². The predicted octanol–water partition coefficient (Wildman–Crippen LogP) is 3.78. The Hall–Kier alpha value is -0.850. The molecule has 2 rings (SSSR count). The smallest absolute Gasteiger partial charge is 0.193 e. The summed E-state index contributed by atoms with van der Waals surface area (Å²) in [6, 6.07) is 6.75. The lowest BCUT2D eigenvalue weighted by molar-refractivity contribution is 0.479. The van der Waals surface area contributed by atoms with E-state index in [1.165, 1.54) is 25.0 Å². The Morgan fingerprint density at radius 3 is 2.36 bits per heavy atom. The minimum Gasteiger partial charge on any atom is -0.357 e. The molecule has 124 valence electrons. The van der Waals surface area contributed by atoms with Crippen LogP contribution in [0.25, 0.3) is 0 Å². The van der Waals surface area contributed by atoms with E-state index in [9.17, 15) is 4.39 Å². The minimum atomic E-state index is -0.191. The molecule has 1 heterocycles. The third-order valence-electron chi connectivity index (χ3n) is 3.99. The lowest BCUT2D eigenvalue weighted by Gasteiger charge is -2.26. The predicted molar refractivity (Wildman–Crippen MR) is 102 cm³/mol. The molecule has 1 aromatic carbocycles. The molecule has 22 heavy (non-hydrogen) atoms. The molecule has 0 atom stereocenters. The van der Waals surface area contributed by atoms with E-state index in [1.807, 2.05) is 12.1 Å². The summed E-state index contributed by atoms with van der Waals surface area (Å²) in [5.41, 5.74) is 1.01. The highest BCUT2D eigenvalue weighted by molar-refractivity contribution is 14.0. The lowest BCUT2D eigenvalue weighted by Crippen LogP contribution is -2.40. The second-order valence-corrected chi connectivity index (χ2v) is 6.26. The molecule has 3 nitrogen and oxygen atoms in total. The minimum absolute atomic E-state index is 0. The van der Waals surface area contributed by atoms with Gasteiger partial charge >= 0.3 is 0 Å². The number of rotatable bonds is 4. The van der Waals surface area contributed by atoms with Gasteiger partial charge in [0.05, 0.1) is 6.54 Å². The molecule has 1 aromatic rings. The first-order valence-corrected chi connectivity index (χ1v) is 7.82. The number of hydrogen-bond donors (Lipinski definition) is 1. The van der Waals surface area contributed by atoms with Gasteiger partial charge in [0.1, 0.15) is 5.82 Å². The average Bonchev–Trinajstić information content (AvgIpc) is 2.98. The second-order valence-electron chi connectivity index (χ2n) is 6.26. The largest absolute Gasteiger partial charge is 0.357 e. The Labute approximate surface area is 150 Å². The Morgan fingerprint density at radius 2 is 1.82 bits per heavy atom. The summed E-state index contributed by atoms with van der Waals surface area (Å²) in [4.78, 5) is 7.13. The summed E-state index contributed by atoms with van der Waals surface area (Å²) < 4.78 is 13.0. The fraction of sp³-hybridized carbons (Fsp3) is 0.588. The standard InChI is InChI=1S/C17H26FN3.HI/c1-4-19-16(21-11-5-6-12-21)20-13-17(2,3)14-7-9-15(18)10-8-14;/h7-10H,4-6,11-13H2,1-3H3,(H,19,20);1H. The van der Waals surface area contributed by atoms with E-state index in [-0.39, 0.29) is 35.2 Å². The molecule has 1 aliphatic rings. The van der Waals surface area contributed by atoms with Gasteiger partial charge in [-0.1, -0.05) is 26.0 Å². The van der Waals surface area contributed by atoms with Crippen LogP contribution in [0.3, 0.4) is 0 Å². The molecule has 0 saturated carbocycles. The molecular weight excluding hydrogens is 392 g/mol.